The number of fused-ring (bicyclic) bond motifs is 7. The molecule has 0 unspecified atom stereocenters. The molecular weight excluding hydrogens is 574 g/mol. The Morgan fingerprint density at radius 2 is 1.06 bits per heavy atom. The fourth-order valence-electron chi connectivity index (χ4n) is 8.44. The van der Waals surface area contributed by atoms with Gasteiger partial charge in [-0.1, -0.05) is 106 Å². The first-order chi connectivity index (χ1) is 22.9. The highest BCUT2D eigenvalue weighted by molar-refractivity contribution is 6.50. The molecule has 0 fully saturated rings. The highest BCUT2D eigenvalue weighted by atomic mass is 16.1. The zero-order valence-electron chi connectivity index (χ0n) is 26.1. The van der Waals surface area contributed by atoms with E-state index in [-0.39, 0.29) is 11.0 Å². The summed E-state index contributed by atoms with van der Waals surface area (Å²) in [6, 6.07) is 38.9. The summed E-state index contributed by atoms with van der Waals surface area (Å²) >= 11 is 0. The van der Waals surface area contributed by atoms with Gasteiger partial charge in [0.2, 0.25) is 0 Å². The summed E-state index contributed by atoms with van der Waals surface area (Å²) in [5.74, 6) is 0. The van der Waals surface area contributed by atoms with Crippen molar-refractivity contribution in [1.29, 1.82) is 0 Å². The van der Waals surface area contributed by atoms with Crippen molar-refractivity contribution in [2.24, 2.45) is 0 Å². The lowest BCUT2D eigenvalue weighted by atomic mass is 9.89. The molecule has 0 saturated carbocycles. The molecule has 11 aromatic rings. The number of pyridine rings is 1. The minimum Gasteiger partial charge on any atom is -0.268 e. The van der Waals surface area contributed by atoms with Gasteiger partial charge < -0.3 is 0 Å². The number of aromatic nitrogens is 3. The predicted molar refractivity (Wildman–Crippen MR) is 196 cm³/mol. The molecule has 0 amide bonds. The van der Waals surface area contributed by atoms with Crippen LogP contribution in [-0.4, -0.2) is 14.4 Å². The van der Waals surface area contributed by atoms with E-state index in [1.54, 1.807) is 4.40 Å². The van der Waals surface area contributed by atoms with Crippen LogP contribution >= 0.6 is 0 Å². The third-order valence-corrected chi connectivity index (χ3v) is 10.5. The topological polar surface area (TPSA) is 47.3 Å². The molecule has 3 aromatic heterocycles. The van der Waals surface area contributed by atoms with Crippen molar-refractivity contribution in [2.75, 3.05) is 0 Å². The Balaban J connectivity index is 1.46. The second-order valence-corrected chi connectivity index (χ2v) is 14.1. The fourth-order valence-corrected chi connectivity index (χ4v) is 8.44. The van der Waals surface area contributed by atoms with Crippen molar-refractivity contribution in [3.63, 3.8) is 0 Å². The number of imidazole rings is 1. The average Bonchev–Trinajstić information content (AvgIpc) is 3.74. The Hall–Kier alpha value is -5.87. The van der Waals surface area contributed by atoms with Crippen molar-refractivity contribution >= 4 is 81.4 Å². The third kappa shape index (κ3) is 3.01. The summed E-state index contributed by atoms with van der Waals surface area (Å²) in [6.07, 6.45) is 0. The first-order valence-corrected chi connectivity index (χ1v) is 16.2. The van der Waals surface area contributed by atoms with Crippen molar-refractivity contribution in [3.05, 3.63) is 125 Å². The molecule has 8 aromatic carbocycles. The summed E-state index contributed by atoms with van der Waals surface area (Å²) < 4.78 is 1.78. The summed E-state index contributed by atoms with van der Waals surface area (Å²) in [6.45, 7) is 6.45. The minimum absolute atomic E-state index is 0.0548. The van der Waals surface area contributed by atoms with Gasteiger partial charge in [0.25, 0.3) is 5.56 Å². The van der Waals surface area contributed by atoms with E-state index >= 15 is 0 Å². The minimum atomic E-state index is -0.164. The van der Waals surface area contributed by atoms with E-state index in [2.05, 4.69) is 118 Å². The van der Waals surface area contributed by atoms with Crippen LogP contribution in [0.15, 0.2) is 114 Å². The lowest BCUT2D eigenvalue weighted by Gasteiger charge is -2.17. The van der Waals surface area contributed by atoms with Crippen LogP contribution in [0.3, 0.4) is 0 Å². The van der Waals surface area contributed by atoms with Gasteiger partial charge in [0.15, 0.2) is 11.3 Å². The highest BCUT2D eigenvalue weighted by Crippen LogP contribution is 2.54. The van der Waals surface area contributed by atoms with E-state index in [1.807, 2.05) is 12.1 Å². The molecular formula is C43H27N3O. The summed E-state index contributed by atoms with van der Waals surface area (Å²) in [5, 5.41) is 13.6. The van der Waals surface area contributed by atoms with Crippen molar-refractivity contribution in [1.82, 2.24) is 14.4 Å². The van der Waals surface area contributed by atoms with Gasteiger partial charge in [-0.3, -0.25) is 4.79 Å². The molecule has 3 heterocycles. The maximum atomic E-state index is 15.0. The van der Waals surface area contributed by atoms with Gasteiger partial charge in [0.1, 0.15) is 5.52 Å². The molecule has 0 aliphatic heterocycles. The molecule has 0 aliphatic rings. The first kappa shape index (κ1) is 25.3. The standard InChI is InChI=1S/C43H27N3O/c1-43(2,3)32-19-18-31-40(45-32)46-41(44-31)38-29-20-27(22-10-6-4-7-11-22)25-16-14-24-15-17-26-28(23-12-8-5-9-13-23)21-30(39(38)42(46)47)37-35(26)33(24)34(25)36(29)37/h4-21H,1-3H3. The van der Waals surface area contributed by atoms with Crippen LogP contribution in [0.2, 0.25) is 0 Å². The maximum absolute atomic E-state index is 15.0. The zero-order valence-corrected chi connectivity index (χ0v) is 26.1. The summed E-state index contributed by atoms with van der Waals surface area (Å²) in [5.41, 5.74) is 7.37. The molecule has 11 rings (SSSR count). The number of hydrogen-bond acceptors (Lipinski definition) is 3. The third-order valence-electron chi connectivity index (χ3n) is 10.5. The quantitative estimate of drug-likeness (QED) is 0.185. The number of benzene rings is 7. The molecule has 0 radical (unpaired) electrons. The van der Waals surface area contributed by atoms with Gasteiger partial charge >= 0.3 is 0 Å². The van der Waals surface area contributed by atoms with E-state index < -0.39 is 0 Å². The SMILES string of the molecule is CC(C)(C)c1ccc2nc3c4c5cc(-c6ccccc6)c6ccc7ccc8c(-c9ccccc9)cc(c4c(=O)n3c2n1)c1c8c7c6c51. The van der Waals surface area contributed by atoms with Crippen molar-refractivity contribution in [3.8, 4) is 22.3 Å². The maximum Gasteiger partial charge on any atom is 0.266 e. The molecule has 0 spiro atoms. The second kappa shape index (κ2) is 8.28. The molecule has 0 saturated heterocycles. The van der Waals surface area contributed by atoms with E-state index in [4.69, 9.17) is 9.97 Å². The van der Waals surface area contributed by atoms with Gasteiger partial charge in [-0.2, -0.15) is 0 Å². The van der Waals surface area contributed by atoms with Crippen LogP contribution in [0.5, 0.6) is 0 Å². The van der Waals surface area contributed by atoms with Gasteiger partial charge in [0.05, 0.1) is 5.39 Å². The Labute approximate surface area is 268 Å². The Morgan fingerprint density at radius 3 is 1.64 bits per heavy atom. The largest absolute Gasteiger partial charge is 0.268 e. The van der Waals surface area contributed by atoms with Gasteiger partial charge in [-0.15, -0.1) is 0 Å². The molecule has 4 heteroatoms. The zero-order chi connectivity index (χ0) is 31.3. The second-order valence-electron chi connectivity index (χ2n) is 14.1. The monoisotopic (exact) mass is 601 g/mol. The van der Waals surface area contributed by atoms with Crippen molar-refractivity contribution < 1.29 is 0 Å². The van der Waals surface area contributed by atoms with Crippen LogP contribution < -0.4 is 5.56 Å². The van der Waals surface area contributed by atoms with E-state index in [9.17, 15) is 4.79 Å². The lowest BCUT2D eigenvalue weighted by Crippen LogP contribution is -2.14. The Bertz CT molecular complexity index is 3090. The van der Waals surface area contributed by atoms with E-state index in [0.29, 0.717) is 11.3 Å². The highest BCUT2D eigenvalue weighted by Gasteiger charge is 2.30. The predicted octanol–water partition coefficient (Wildman–Crippen LogP) is 10.5. The lowest BCUT2D eigenvalue weighted by molar-refractivity contribution is 0.571. The summed E-state index contributed by atoms with van der Waals surface area (Å²) in [4.78, 5) is 25.2. The molecule has 220 valence electrons. The van der Waals surface area contributed by atoms with Gasteiger partial charge in [-0.05, 0) is 100 Å². The van der Waals surface area contributed by atoms with Crippen LogP contribution in [0.25, 0.3) is 104 Å². The van der Waals surface area contributed by atoms with Gasteiger partial charge in [0, 0.05) is 16.5 Å². The Kier molecular flexibility index (Phi) is 4.47. The molecule has 4 nitrogen and oxygen atoms in total. The number of rotatable bonds is 2. The fraction of sp³-hybridized carbons (Fsp3) is 0.0930. The molecule has 0 aliphatic carbocycles. The molecule has 47 heavy (non-hydrogen) atoms. The van der Waals surface area contributed by atoms with Gasteiger partial charge in [-0.25, -0.2) is 14.4 Å². The average molecular weight is 602 g/mol. The normalized spacial score (nSPS) is 13.1. The summed E-state index contributed by atoms with van der Waals surface area (Å²) in [7, 11) is 0. The van der Waals surface area contributed by atoms with E-state index in [1.165, 1.54) is 48.7 Å². The number of nitrogens with zero attached hydrogens (tertiary/aromatic N) is 3. The molecule has 0 bridgehead atoms. The van der Waals surface area contributed by atoms with Crippen LogP contribution in [0.4, 0.5) is 0 Å². The smallest absolute Gasteiger partial charge is 0.266 e. The Morgan fingerprint density at radius 1 is 0.511 bits per heavy atom. The molecule has 0 N–H and O–H groups in total. The molecule has 0 atom stereocenters. The van der Waals surface area contributed by atoms with Crippen molar-refractivity contribution in [2.45, 2.75) is 26.2 Å². The van der Waals surface area contributed by atoms with Crippen LogP contribution in [0.1, 0.15) is 26.5 Å². The van der Waals surface area contributed by atoms with Crippen LogP contribution in [-0.2, 0) is 5.41 Å². The van der Waals surface area contributed by atoms with E-state index in [0.717, 1.165) is 49.4 Å². The number of hydrogen-bond donors (Lipinski definition) is 0. The van der Waals surface area contributed by atoms with Crippen LogP contribution in [0, 0.1) is 0 Å². The first-order valence-electron chi connectivity index (χ1n) is 16.2.